The SMILES string of the molecule is CCNC(=NCC(C)N1CCOCC1)NCCc1ccc(S(C)(=O)=O)cc1.I. The molecule has 1 fully saturated rings. The fourth-order valence-electron chi connectivity index (χ4n) is 2.93. The normalized spacial score (nSPS) is 16.9. The van der Waals surface area contributed by atoms with Crippen LogP contribution < -0.4 is 10.6 Å². The number of guanidine groups is 1. The third-order valence-corrected chi connectivity index (χ3v) is 5.71. The van der Waals surface area contributed by atoms with E-state index in [0.717, 1.165) is 63.9 Å². The Labute approximate surface area is 186 Å². The highest BCUT2D eigenvalue weighted by atomic mass is 127. The molecule has 2 rings (SSSR count). The van der Waals surface area contributed by atoms with Gasteiger partial charge in [0.15, 0.2) is 15.8 Å². The average Bonchev–Trinajstić information content (AvgIpc) is 2.66. The lowest BCUT2D eigenvalue weighted by molar-refractivity contribution is 0.0220. The predicted octanol–water partition coefficient (Wildman–Crippen LogP) is 1.53. The summed E-state index contributed by atoms with van der Waals surface area (Å²) in [6.07, 6.45) is 2.02. The summed E-state index contributed by atoms with van der Waals surface area (Å²) in [5, 5.41) is 6.62. The largest absolute Gasteiger partial charge is 0.379 e. The van der Waals surface area contributed by atoms with Crippen LogP contribution in [0.5, 0.6) is 0 Å². The molecule has 28 heavy (non-hydrogen) atoms. The molecule has 0 bridgehead atoms. The fourth-order valence-corrected chi connectivity index (χ4v) is 3.56. The molecule has 1 aromatic carbocycles. The Kier molecular flexibility index (Phi) is 11.3. The van der Waals surface area contributed by atoms with E-state index in [4.69, 9.17) is 9.73 Å². The van der Waals surface area contributed by atoms with Gasteiger partial charge in [0.1, 0.15) is 0 Å². The lowest BCUT2D eigenvalue weighted by Crippen LogP contribution is -2.44. The number of nitrogens with one attached hydrogen (secondary N) is 2. The molecule has 9 heteroatoms. The first-order valence-corrected chi connectivity index (χ1v) is 11.4. The molecular formula is C19H33IN4O3S. The molecule has 1 aromatic rings. The summed E-state index contributed by atoms with van der Waals surface area (Å²) in [4.78, 5) is 7.45. The highest BCUT2D eigenvalue weighted by molar-refractivity contribution is 14.0. The number of benzene rings is 1. The van der Waals surface area contributed by atoms with E-state index in [2.05, 4.69) is 22.5 Å². The molecule has 1 atom stereocenters. The van der Waals surface area contributed by atoms with Crippen molar-refractivity contribution in [3.63, 3.8) is 0 Å². The van der Waals surface area contributed by atoms with Gasteiger partial charge in [0.05, 0.1) is 24.7 Å². The monoisotopic (exact) mass is 524 g/mol. The van der Waals surface area contributed by atoms with E-state index < -0.39 is 9.84 Å². The van der Waals surface area contributed by atoms with Crippen molar-refractivity contribution in [3.05, 3.63) is 29.8 Å². The van der Waals surface area contributed by atoms with Gasteiger partial charge in [-0.05, 0) is 38.0 Å². The predicted molar refractivity (Wildman–Crippen MR) is 125 cm³/mol. The first-order chi connectivity index (χ1) is 12.9. The summed E-state index contributed by atoms with van der Waals surface area (Å²) in [6, 6.07) is 7.43. The van der Waals surface area contributed by atoms with E-state index in [-0.39, 0.29) is 24.0 Å². The van der Waals surface area contributed by atoms with Crippen molar-refractivity contribution < 1.29 is 13.2 Å². The molecule has 160 valence electrons. The molecule has 0 aliphatic carbocycles. The van der Waals surface area contributed by atoms with Crippen LogP contribution in [0.15, 0.2) is 34.2 Å². The van der Waals surface area contributed by atoms with Crippen molar-refractivity contribution >= 4 is 39.8 Å². The third-order valence-electron chi connectivity index (χ3n) is 4.58. The molecule has 0 saturated carbocycles. The fraction of sp³-hybridized carbons (Fsp3) is 0.632. The summed E-state index contributed by atoms with van der Waals surface area (Å²) in [5.74, 6) is 0.811. The minimum absolute atomic E-state index is 0. The Morgan fingerprint density at radius 2 is 1.86 bits per heavy atom. The second-order valence-electron chi connectivity index (χ2n) is 6.81. The van der Waals surface area contributed by atoms with E-state index in [0.29, 0.717) is 10.9 Å². The Hall–Kier alpha value is -0.910. The molecule has 1 heterocycles. The molecule has 7 nitrogen and oxygen atoms in total. The van der Waals surface area contributed by atoms with Crippen LogP contribution in [-0.2, 0) is 21.0 Å². The van der Waals surface area contributed by atoms with E-state index in [1.54, 1.807) is 12.1 Å². The second kappa shape index (κ2) is 12.6. The van der Waals surface area contributed by atoms with Crippen molar-refractivity contribution in [2.24, 2.45) is 4.99 Å². The Morgan fingerprint density at radius 3 is 2.43 bits per heavy atom. The van der Waals surface area contributed by atoms with Crippen molar-refractivity contribution in [2.75, 3.05) is 52.2 Å². The minimum Gasteiger partial charge on any atom is -0.379 e. The molecule has 2 N–H and O–H groups in total. The number of aliphatic imine (C=N–C) groups is 1. The summed E-state index contributed by atoms with van der Waals surface area (Å²) in [7, 11) is -3.14. The highest BCUT2D eigenvalue weighted by Gasteiger charge is 2.16. The summed E-state index contributed by atoms with van der Waals surface area (Å²) < 4.78 is 28.4. The lowest BCUT2D eigenvalue weighted by Gasteiger charge is -2.31. The van der Waals surface area contributed by atoms with Gasteiger partial charge in [-0.25, -0.2) is 8.42 Å². The van der Waals surface area contributed by atoms with Gasteiger partial charge in [0.25, 0.3) is 0 Å². The van der Waals surface area contributed by atoms with Gasteiger partial charge in [-0.15, -0.1) is 24.0 Å². The zero-order chi connectivity index (χ0) is 19.7. The average molecular weight is 524 g/mol. The molecule has 0 radical (unpaired) electrons. The van der Waals surface area contributed by atoms with Crippen LogP contribution in [0.2, 0.25) is 0 Å². The zero-order valence-corrected chi connectivity index (χ0v) is 20.1. The molecular weight excluding hydrogens is 491 g/mol. The second-order valence-corrected chi connectivity index (χ2v) is 8.83. The van der Waals surface area contributed by atoms with Gasteiger partial charge in [-0.2, -0.15) is 0 Å². The topological polar surface area (TPSA) is 83.0 Å². The summed E-state index contributed by atoms with van der Waals surface area (Å²) in [5.41, 5.74) is 1.09. The standard InChI is InChI=1S/C19H32N4O3S.HI/c1-4-20-19(22-15-16(2)23-11-13-26-14-12-23)21-10-9-17-5-7-18(8-6-17)27(3,24)25;/h5-8,16H,4,9-15H2,1-3H3,(H2,20,21,22);1H. The minimum atomic E-state index is -3.14. The number of hydrogen-bond acceptors (Lipinski definition) is 5. The quantitative estimate of drug-likeness (QED) is 0.305. The molecule has 1 aliphatic heterocycles. The maximum atomic E-state index is 11.5. The number of halogens is 1. The number of sulfone groups is 1. The maximum Gasteiger partial charge on any atom is 0.191 e. The van der Waals surface area contributed by atoms with Crippen LogP contribution in [0, 0.1) is 0 Å². The van der Waals surface area contributed by atoms with Gasteiger partial charge in [0, 0.05) is 38.5 Å². The number of hydrogen-bond donors (Lipinski definition) is 2. The molecule has 0 amide bonds. The first-order valence-electron chi connectivity index (χ1n) is 9.53. The van der Waals surface area contributed by atoms with Crippen molar-refractivity contribution in [1.29, 1.82) is 0 Å². The summed E-state index contributed by atoms with van der Waals surface area (Å²) in [6.45, 7) is 10.0. The number of morpholine rings is 1. The van der Waals surface area contributed by atoms with Gasteiger partial charge in [-0.3, -0.25) is 9.89 Å². The van der Waals surface area contributed by atoms with Crippen LogP contribution in [0.1, 0.15) is 19.4 Å². The van der Waals surface area contributed by atoms with Gasteiger partial charge < -0.3 is 15.4 Å². The van der Waals surface area contributed by atoms with Crippen molar-refractivity contribution in [3.8, 4) is 0 Å². The van der Waals surface area contributed by atoms with Crippen LogP contribution in [-0.4, -0.2) is 77.5 Å². The Morgan fingerprint density at radius 1 is 1.21 bits per heavy atom. The number of rotatable bonds is 8. The highest BCUT2D eigenvalue weighted by Crippen LogP contribution is 2.10. The molecule has 1 unspecified atom stereocenters. The zero-order valence-electron chi connectivity index (χ0n) is 17.0. The van der Waals surface area contributed by atoms with E-state index in [1.165, 1.54) is 6.26 Å². The van der Waals surface area contributed by atoms with Gasteiger partial charge in [-0.1, -0.05) is 12.1 Å². The van der Waals surface area contributed by atoms with Crippen LogP contribution in [0.4, 0.5) is 0 Å². The first kappa shape index (κ1) is 25.1. The molecule has 0 aromatic heterocycles. The Bertz CT molecular complexity index is 704. The van der Waals surface area contributed by atoms with E-state index in [9.17, 15) is 8.42 Å². The number of nitrogens with zero attached hydrogens (tertiary/aromatic N) is 2. The van der Waals surface area contributed by atoms with E-state index in [1.807, 2.05) is 19.1 Å². The molecule has 1 aliphatic rings. The van der Waals surface area contributed by atoms with Crippen molar-refractivity contribution in [2.45, 2.75) is 31.2 Å². The van der Waals surface area contributed by atoms with Crippen LogP contribution in [0.25, 0.3) is 0 Å². The smallest absolute Gasteiger partial charge is 0.191 e. The molecule has 1 saturated heterocycles. The lowest BCUT2D eigenvalue weighted by atomic mass is 10.1. The number of ether oxygens (including phenoxy) is 1. The maximum absolute atomic E-state index is 11.5. The van der Waals surface area contributed by atoms with Crippen LogP contribution in [0.3, 0.4) is 0 Å². The van der Waals surface area contributed by atoms with Gasteiger partial charge >= 0.3 is 0 Å². The third kappa shape index (κ3) is 8.62. The molecule has 0 spiro atoms. The van der Waals surface area contributed by atoms with Crippen molar-refractivity contribution in [1.82, 2.24) is 15.5 Å². The Balaban J connectivity index is 0.00000392. The van der Waals surface area contributed by atoms with Crippen LogP contribution >= 0.6 is 24.0 Å². The van der Waals surface area contributed by atoms with E-state index >= 15 is 0 Å². The van der Waals surface area contributed by atoms with Gasteiger partial charge in [0.2, 0.25) is 0 Å². The summed E-state index contributed by atoms with van der Waals surface area (Å²) >= 11 is 0.